The van der Waals surface area contributed by atoms with Crippen LogP contribution in [0.1, 0.15) is 106 Å². The first-order chi connectivity index (χ1) is 24.5. The molecule has 2 saturated heterocycles. The van der Waals surface area contributed by atoms with Crippen LogP contribution in [0.3, 0.4) is 0 Å². The number of carbonyl (C=O) groups is 1. The normalized spacial score (nSPS) is 53.3. The highest BCUT2D eigenvalue weighted by Gasteiger charge is 2.62. The second-order valence-electron chi connectivity index (χ2n) is 18.7. The minimum atomic E-state index is -1.65. The molecule has 2 aliphatic heterocycles. The fraction of sp³-hybridized carbons (Fsp3) is 0.925. The summed E-state index contributed by atoms with van der Waals surface area (Å²) in [5.74, 6) is 1.84. The lowest BCUT2D eigenvalue weighted by Crippen LogP contribution is -2.64. The predicted octanol–water partition coefficient (Wildman–Crippen LogP) is 3.13. The Morgan fingerprint density at radius 3 is 2.15 bits per heavy atom. The van der Waals surface area contributed by atoms with Crippen LogP contribution in [0.4, 0.5) is 0 Å². The van der Waals surface area contributed by atoms with Gasteiger partial charge in [0.25, 0.3) is 0 Å². The third-order valence-electron chi connectivity index (χ3n) is 16.1. The van der Waals surface area contributed by atoms with E-state index in [-0.39, 0.29) is 22.9 Å². The van der Waals surface area contributed by atoms with Gasteiger partial charge in [-0.3, -0.25) is 4.79 Å². The summed E-state index contributed by atoms with van der Waals surface area (Å²) in [5, 5.41) is 73.5. The lowest BCUT2D eigenvalue weighted by Gasteiger charge is -2.64. The lowest BCUT2D eigenvalue weighted by molar-refractivity contribution is -0.364. The average Bonchev–Trinajstić information content (AvgIpc) is 3.10. The fourth-order valence-electron chi connectivity index (χ4n) is 13.0. The number of rotatable bonds is 6. The van der Waals surface area contributed by atoms with Crippen LogP contribution >= 0.6 is 0 Å². The quantitative estimate of drug-likeness (QED) is 0.156. The largest absolute Gasteiger partial charge is 0.481 e. The van der Waals surface area contributed by atoms with Crippen molar-refractivity contribution in [1.29, 1.82) is 0 Å². The van der Waals surface area contributed by atoms with E-state index >= 15 is 0 Å². The molecule has 12 nitrogen and oxygen atoms in total. The Labute approximate surface area is 307 Å². The Bertz CT molecular complexity index is 1370. The van der Waals surface area contributed by atoms with Crippen molar-refractivity contribution in [3.8, 4) is 0 Å². The zero-order valence-electron chi connectivity index (χ0n) is 31.8. The van der Waals surface area contributed by atoms with Crippen LogP contribution < -0.4 is 0 Å². The van der Waals surface area contributed by atoms with Crippen molar-refractivity contribution in [3.05, 3.63) is 11.1 Å². The minimum Gasteiger partial charge on any atom is -0.481 e. The second kappa shape index (κ2) is 14.1. The van der Waals surface area contributed by atoms with Gasteiger partial charge in [-0.2, -0.15) is 0 Å². The first-order valence-electron chi connectivity index (χ1n) is 20.1. The highest BCUT2D eigenvalue weighted by molar-refractivity contribution is 5.76. The Balaban J connectivity index is 1.04. The Morgan fingerprint density at radius 1 is 0.769 bits per heavy atom. The van der Waals surface area contributed by atoms with Gasteiger partial charge in [0.05, 0.1) is 24.2 Å². The number of ether oxygens (including phenoxy) is 4. The van der Waals surface area contributed by atoms with Crippen LogP contribution in [-0.2, 0) is 23.7 Å². The SMILES string of the molecule is C[C@H]1[C@H](C)CC[C@]2(C(=O)O)CCC3=C(CC[C@H]4[C@H]3CC[C@H]3C(C)(C)[C@@H](O[C@@H]5O[C@H](C)[C@H](O[C@@H]6O[C@H](CO)[C@@H](O)[C@H](O)[C@H]6O)[C@H](O)[C@H]5O)CC[C@]43C)[C@H]12. The predicted molar refractivity (Wildman–Crippen MR) is 187 cm³/mol. The standard InChI is InChI=1S/C40H64O12/c1-18-11-15-40(37(47)48)16-12-21-22-8-10-26-38(4,5)27(13-14-39(26,6)24(22)9-7-23(21)28(40)19(18)2)51-35-33(46)31(44)34(20(3)49-35)52-36-32(45)30(43)29(42)25(17-41)50-36/h18-20,22,24-36,41-46H,7-17H2,1-6H3,(H,47,48)/t18-,19+,20-,22+,24+,25-,26+,27+,28+,29-,30+,31-,32-,33-,34+,35+,36+,39-,40+/m1/s1. The van der Waals surface area contributed by atoms with Crippen molar-refractivity contribution in [1.82, 2.24) is 0 Å². The van der Waals surface area contributed by atoms with Gasteiger partial charge in [0.2, 0.25) is 0 Å². The van der Waals surface area contributed by atoms with Crippen molar-refractivity contribution < 1.29 is 59.5 Å². The molecule has 3 saturated carbocycles. The van der Waals surface area contributed by atoms with Gasteiger partial charge in [0.1, 0.15) is 42.7 Å². The second-order valence-corrected chi connectivity index (χ2v) is 18.7. The Kier molecular flexibility index (Phi) is 10.6. The van der Waals surface area contributed by atoms with E-state index < -0.39 is 79.4 Å². The molecule has 2 heterocycles. The van der Waals surface area contributed by atoms with Gasteiger partial charge in [-0.15, -0.1) is 0 Å². The first-order valence-corrected chi connectivity index (χ1v) is 20.1. The maximum Gasteiger partial charge on any atom is 0.310 e. The molecule has 12 heteroatoms. The minimum absolute atomic E-state index is 0.0841. The maximum absolute atomic E-state index is 12.9. The van der Waals surface area contributed by atoms with Gasteiger partial charge in [-0.05, 0) is 117 Å². The molecule has 0 aromatic carbocycles. The lowest BCUT2D eigenvalue weighted by atomic mass is 9.41. The monoisotopic (exact) mass is 736 g/mol. The topological polar surface area (TPSA) is 196 Å². The molecule has 0 unspecified atom stereocenters. The fourth-order valence-corrected chi connectivity index (χ4v) is 13.0. The first kappa shape index (κ1) is 39.1. The molecule has 0 aromatic rings. The van der Waals surface area contributed by atoms with E-state index in [0.29, 0.717) is 29.6 Å². The van der Waals surface area contributed by atoms with Crippen LogP contribution in [-0.4, -0.2) is 116 Å². The summed E-state index contributed by atoms with van der Waals surface area (Å²) >= 11 is 0. The molecule has 7 N–H and O–H groups in total. The number of fused-ring (bicyclic) bond motifs is 6. The molecule has 7 rings (SSSR count). The van der Waals surface area contributed by atoms with E-state index in [1.54, 1.807) is 12.5 Å². The van der Waals surface area contributed by atoms with Gasteiger partial charge in [0, 0.05) is 0 Å². The molecule has 0 amide bonds. The Morgan fingerprint density at radius 2 is 1.46 bits per heavy atom. The number of aliphatic hydroxyl groups excluding tert-OH is 6. The number of hydrogen-bond acceptors (Lipinski definition) is 11. The zero-order valence-corrected chi connectivity index (χ0v) is 31.8. The van der Waals surface area contributed by atoms with Crippen molar-refractivity contribution >= 4 is 5.97 Å². The molecule has 52 heavy (non-hydrogen) atoms. The Hall–Kier alpha value is -1.19. The molecule has 5 aliphatic carbocycles. The van der Waals surface area contributed by atoms with Crippen LogP contribution in [0, 0.1) is 51.8 Å². The number of carboxylic acids is 1. The molecule has 7 aliphatic rings. The van der Waals surface area contributed by atoms with E-state index in [9.17, 15) is 40.5 Å². The van der Waals surface area contributed by atoms with E-state index in [4.69, 9.17) is 18.9 Å². The summed E-state index contributed by atoms with van der Waals surface area (Å²) in [5.41, 5.74) is 2.31. The summed E-state index contributed by atoms with van der Waals surface area (Å²) in [7, 11) is 0. The number of carboxylic acid groups (broad SMARTS) is 1. The summed E-state index contributed by atoms with van der Waals surface area (Å²) in [6.07, 6.45) is -4.32. The average molecular weight is 737 g/mol. The van der Waals surface area contributed by atoms with Crippen molar-refractivity contribution in [2.24, 2.45) is 51.8 Å². The summed E-state index contributed by atoms with van der Waals surface area (Å²) < 4.78 is 24.1. The molecule has 296 valence electrons. The highest BCUT2D eigenvalue weighted by Crippen LogP contribution is 2.68. The van der Waals surface area contributed by atoms with Gasteiger partial charge in [-0.25, -0.2) is 0 Å². The van der Waals surface area contributed by atoms with Gasteiger partial charge >= 0.3 is 5.97 Å². The summed E-state index contributed by atoms with van der Waals surface area (Å²) in [4.78, 5) is 12.9. The van der Waals surface area contributed by atoms with E-state index in [1.165, 1.54) is 5.57 Å². The molecule has 0 bridgehead atoms. The maximum atomic E-state index is 12.9. The van der Waals surface area contributed by atoms with Crippen molar-refractivity contribution in [2.45, 2.75) is 173 Å². The van der Waals surface area contributed by atoms with Crippen LogP contribution in [0.2, 0.25) is 0 Å². The smallest absolute Gasteiger partial charge is 0.310 e. The molecule has 5 fully saturated rings. The van der Waals surface area contributed by atoms with Crippen molar-refractivity contribution in [3.63, 3.8) is 0 Å². The van der Waals surface area contributed by atoms with Crippen LogP contribution in [0.15, 0.2) is 11.1 Å². The number of aliphatic carboxylic acids is 1. The van der Waals surface area contributed by atoms with Gasteiger partial charge in [-0.1, -0.05) is 45.8 Å². The number of allylic oxidation sites excluding steroid dienone is 2. The van der Waals surface area contributed by atoms with Crippen LogP contribution in [0.25, 0.3) is 0 Å². The van der Waals surface area contributed by atoms with Crippen molar-refractivity contribution in [2.75, 3.05) is 6.61 Å². The van der Waals surface area contributed by atoms with E-state index in [1.807, 2.05) is 0 Å². The molecule has 0 aromatic heterocycles. The van der Waals surface area contributed by atoms with Gasteiger partial charge in [0.15, 0.2) is 12.6 Å². The third kappa shape index (κ3) is 5.96. The highest BCUT2D eigenvalue weighted by atomic mass is 16.7. The molecular formula is C40H64O12. The molecule has 19 atom stereocenters. The molecule has 0 spiro atoms. The number of aliphatic hydroxyl groups is 6. The summed E-state index contributed by atoms with van der Waals surface area (Å²) in [6, 6.07) is 0. The van der Waals surface area contributed by atoms with Crippen LogP contribution in [0.5, 0.6) is 0 Å². The zero-order chi connectivity index (χ0) is 37.7. The van der Waals surface area contributed by atoms with E-state index in [0.717, 1.165) is 64.2 Å². The third-order valence-corrected chi connectivity index (χ3v) is 16.1. The summed E-state index contributed by atoms with van der Waals surface area (Å²) in [6.45, 7) is 12.7. The number of hydrogen-bond donors (Lipinski definition) is 7. The van der Waals surface area contributed by atoms with Gasteiger partial charge < -0.3 is 54.7 Å². The molecule has 0 radical (unpaired) electrons. The molecular weight excluding hydrogens is 672 g/mol. The van der Waals surface area contributed by atoms with E-state index in [2.05, 4.69) is 34.6 Å².